The number of ether oxygens (including phenoxy) is 1. The maximum absolute atomic E-state index is 12.9. The molecule has 0 amide bonds. The van der Waals surface area contributed by atoms with Gasteiger partial charge >= 0.3 is 11.9 Å². The molecule has 1 aliphatic rings. The molecule has 0 spiro atoms. The van der Waals surface area contributed by atoms with Crippen LogP contribution in [-0.4, -0.2) is 40.4 Å². The predicted octanol–water partition coefficient (Wildman–Crippen LogP) is 0.882. The van der Waals surface area contributed by atoms with Gasteiger partial charge < -0.3 is 14.9 Å². The van der Waals surface area contributed by atoms with E-state index in [1.54, 1.807) is 13.8 Å². The average molecular weight is 224 g/mol. The Morgan fingerprint density at radius 1 is 1.60 bits per heavy atom. The van der Waals surface area contributed by atoms with Gasteiger partial charge in [0.25, 0.3) is 0 Å². The van der Waals surface area contributed by atoms with Crippen LogP contribution in [0.3, 0.4) is 0 Å². The molecule has 1 rings (SSSR count). The van der Waals surface area contributed by atoms with Gasteiger partial charge in [-0.05, 0) is 20.3 Å². The van der Waals surface area contributed by atoms with Gasteiger partial charge in [0.1, 0.15) is 6.10 Å². The number of carboxylic acid groups (broad SMARTS) is 1. The molecule has 2 atom stereocenters. The number of rotatable bonds is 3. The zero-order valence-corrected chi connectivity index (χ0v) is 8.54. The van der Waals surface area contributed by atoms with E-state index in [1.165, 1.54) is 0 Å². The van der Waals surface area contributed by atoms with E-state index in [0.717, 1.165) is 0 Å². The Hall–Kier alpha value is -0.750. The highest BCUT2D eigenvalue weighted by Gasteiger charge is 2.53. The summed E-state index contributed by atoms with van der Waals surface area (Å²) < 4.78 is 31.0. The minimum Gasteiger partial charge on any atom is -0.477 e. The first-order valence-electron chi connectivity index (χ1n) is 4.60. The molecule has 6 heteroatoms. The quantitative estimate of drug-likeness (QED) is 0.746. The number of aliphatic carboxylic acids is 1. The summed E-state index contributed by atoms with van der Waals surface area (Å²) in [5, 5.41) is 17.5. The predicted molar refractivity (Wildman–Crippen MR) is 46.7 cm³/mol. The van der Waals surface area contributed by atoms with Crippen LogP contribution in [0.15, 0.2) is 0 Å². The molecule has 0 aromatic heterocycles. The van der Waals surface area contributed by atoms with Crippen molar-refractivity contribution in [1.82, 2.24) is 0 Å². The lowest BCUT2D eigenvalue weighted by Gasteiger charge is -2.23. The molecule has 0 bridgehead atoms. The van der Waals surface area contributed by atoms with Crippen molar-refractivity contribution < 1.29 is 28.5 Å². The summed E-state index contributed by atoms with van der Waals surface area (Å²) in [4.78, 5) is 10.2. The zero-order chi connectivity index (χ0) is 11.9. The number of hydrogen-bond donors (Lipinski definition) is 2. The molecule has 0 radical (unpaired) electrons. The lowest BCUT2D eigenvalue weighted by atomic mass is 9.90. The molecule has 0 aromatic rings. The number of aliphatic hydroxyl groups excluding tert-OH is 1. The van der Waals surface area contributed by atoms with E-state index in [9.17, 15) is 18.7 Å². The van der Waals surface area contributed by atoms with E-state index in [4.69, 9.17) is 9.84 Å². The van der Waals surface area contributed by atoms with Crippen molar-refractivity contribution in [2.45, 2.75) is 37.9 Å². The van der Waals surface area contributed by atoms with Gasteiger partial charge in [0.15, 0.2) is 0 Å². The lowest BCUT2D eigenvalue weighted by molar-refractivity contribution is -0.187. The first-order chi connectivity index (χ1) is 6.67. The van der Waals surface area contributed by atoms with Crippen LogP contribution >= 0.6 is 0 Å². The molecule has 0 aliphatic carbocycles. The molecule has 1 unspecified atom stereocenters. The van der Waals surface area contributed by atoms with E-state index in [0.29, 0.717) is 0 Å². The molecular formula is C9H14F2O4. The van der Waals surface area contributed by atoms with Crippen LogP contribution in [0.1, 0.15) is 20.3 Å². The lowest BCUT2D eigenvalue weighted by Crippen LogP contribution is -2.46. The van der Waals surface area contributed by atoms with Gasteiger partial charge in [0.2, 0.25) is 0 Å². The maximum Gasteiger partial charge on any atom is 0.377 e. The van der Waals surface area contributed by atoms with Crippen LogP contribution in [0.5, 0.6) is 0 Å². The molecule has 0 saturated carbocycles. The van der Waals surface area contributed by atoms with Crippen LogP contribution in [0, 0.1) is 5.92 Å². The zero-order valence-electron chi connectivity index (χ0n) is 8.54. The van der Waals surface area contributed by atoms with Gasteiger partial charge in [-0.3, -0.25) is 0 Å². The van der Waals surface area contributed by atoms with Crippen LogP contribution in [0.2, 0.25) is 0 Å². The second-order valence-corrected chi connectivity index (χ2v) is 4.41. The first-order valence-corrected chi connectivity index (χ1v) is 4.60. The fraction of sp³-hybridized carbons (Fsp3) is 0.889. The second-order valence-electron chi connectivity index (χ2n) is 4.41. The van der Waals surface area contributed by atoms with Gasteiger partial charge in [-0.1, -0.05) is 0 Å². The summed E-state index contributed by atoms with van der Waals surface area (Å²) in [6, 6.07) is 0. The summed E-state index contributed by atoms with van der Waals surface area (Å²) in [5.41, 5.74) is -0.583. The van der Waals surface area contributed by atoms with Gasteiger partial charge in [-0.15, -0.1) is 0 Å². The molecule has 88 valence electrons. The van der Waals surface area contributed by atoms with E-state index in [2.05, 4.69) is 0 Å². The standard InChI is InChI=1S/C9H14F2O4/c1-8(2)3-5(4-15-8)6(12)9(10,11)7(13)14/h5-6,12H,3-4H2,1-2H3,(H,13,14)/t5?,6-/m0/s1. The van der Waals surface area contributed by atoms with E-state index < -0.39 is 29.5 Å². The van der Waals surface area contributed by atoms with Crippen LogP contribution in [0.4, 0.5) is 8.78 Å². The highest BCUT2D eigenvalue weighted by Crippen LogP contribution is 2.36. The van der Waals surface area contributed by atoms with Crippen molar-refractivity contribution in [3.63, 3.8) is 0 Å². The van der Waals surface area contributed by atoms with Crippen LogP contribution < -0.4 is 0 Å². The summed E-state index contributed by atoms with van der Waals surface area (Å²) >= 11 is 0. The minimum atomic E-state index is -4.12. The maximum atomic E-state index is 12.9. The van der Waals surface area contributed by atoms with Crippen LogP contribution in [0.25, 0.3) is 0 Å². The van der Waals surface area contributed by atoms with E-state index in [-0.39, 0.29) is 13.0 Å². The Balaban J connectivity index is 2.70. The Morgan fingerprint density at radius 3 is 2.47 bits per heavy atom. The van der Waals surface area contributed by atoms with Crippen molar-refractivity contribution in [3.8, 4) is 0 Å². The second kappa shape index (κ2) is 3.68. The Bertz CT molecular complexity index is 265. The monoisotopic (exact) mass is 224 g/mol. The normalized spacial score (nSPS) is 27.7. The third kappa shape index (κ3) is 2.43. The number of alkyl halides is 2. The van der Waals surface area contributed by atoms with Crippen molar-refractivity contribution >= 4 is 5.97 Å². The number of carboxylic acids is 1. The van der Waals surface area contributed by atoms with Crippen LogP contribution in [-0.2, 0) is 9.53 Å². The molecule has 15 heavy (non-hydrogen) atoms. The van der Waals surface area contributed by atoms with Gasteiger partial charge in [0.05, 0.1) is 12.2 Å². The number of aliphatic hydroxyl groups is 1. The highest BCUT2D eigenvalue weighted by atomic mass is 19.3. The summed E-state index contributed by atoms with van der Waals surface area (Å²) in [5.74, 6) is -7.26. The topological polar surface area (TPSA) is 66.8 Å². The fourth-order valence-electron chi connectivity index (χ4n) is 1.71. The Morgan fingerprint density at radius 2 is 2.13 bits per heavy atom. The Labute approximate surface area is 85.8 Å². The van der Waals surface area contributed by atoms with Gasteiger partial charge in [0, 0.05) is 5.92 Å². The third-order valence-electron chi connectivity index (χ3n) is 2.55. The highest BCUT2D eigenvalue weighted by molar-refractivity contribution is 5.76. The molecule has 1 saturated heterocycles. The molecule has 0 aromatic carbocycles. The third-order valence-corrected chi connectivity index (χ3v) is 2.55. The minimum absolute atomic E-state index is 0.0446. The average Bonchev–Trinajstić information content (AvgIpc) is 2.44. The summed E-state index contributed by atoms with van der Waals surface area (Å²) in [6.07, 6.45) is -1.98. The van der Waals surface area contributed by atoms with E-state index >= 15 is 0 Å². The number of carbonyl (C=O) groups is 1. The van der Waals surface area contributed by atoms with Crippen molar-refractivity contribution in [3.05, 3.63) is 0 Å². The molecule has 2 N–H and O–H groups in total. The fourth-order valence-corrected chi connectivity index (χ4v) is 1.71. The summed E-state index contributed by atoms with van der Waals surface area (Å²) in [7, 11) is 0. The Kier molecular flexibility index (Phi) is 3.02. The van der Waals surface area contributed by atoms with Gasteiger partial charge in [-0.2, -0.15) is 8.78 Å². The van der Waals surface area contributed by atoms with Crippen molar-refractivity contribution in [1.29, 1.82) is 0 Å². The summed E-state index contributed by atoms with van der Waals surface area (Å²) in [6.45, 7) is 3.37. The smallest absolute Gasteiger partial charge is 0.377 e. The van der Waals surface area contributed by atoms with E-state index in [1.807, 2.05) is 0 Å². The number of halogens is 2. The molecule has 1 fully saturated rings. The van der Waals surface area contributed by atoms with Crippen molar-refractivity contribution in [2.24, 2.45) is 5.92 Å². The molecule has 1 heterocycles. The number of hydrogen-bond acceptors (Lipinski definition) is 3. The van der Waals surface area contributed by atoms with Crippen molar-refractivity contribution in [2.75, 3.05) is 6.61 Å². The SMILES string of the molecule is CC1(C)CC([C@H](O)C(F)(F)C(=O)O)CO1. The molecular weight excluding hydrogens is 210 g/mol. The van der Waals surface area contributed by atoms with Gasteiger partial charge in [-0.25, -0.2) is 4.79 Å². The first kappa shape index (κ1) is 12.3. The molecule has 1 aliphatic heterocycles. The molecule has 4 nitrogen and oxygen atoms in total. The largest absolute Gasteiger partial charge is 0.477 e.